The minimum absolute atomic E-state index is 0.825. The van der Waals surface area contributed by atoms with Gasteiger partial charge in [-0.15, -0.1) is 0 Å². The van der Waals surface area contributed by atoms with Gasteiger partial charge in [-0.2, -0.15) is 0 Å². The minimum Gasteiger partial charge on any atom is -0.311 e. The van der Waals surface area contributed by atoms with Crippen LogP contribution in [0.25, 0.3) is 0 Å². The van der Waals surface area contributed by atoms with Crippen molar-refractivity contribution in [3.8, 4) is 0 Å². The van der Waals surface area contributed by atoms with E-state index in [1.54, 1.807) is 0 Å². The van der Waals surface area contributed by atoms with Gasteiger partial charge in [-0.1, -0.05) is 20.8 Å². The fourth-order valence-electron chi connectivity index (χ4n) is 3.45. The summed E-state index contributed by atoms with van der Waals surface area (Å²) in [6.45, 7) is 7.19. The second-order valence-electron chi connectivity index (χ2n) is 6.05. The first-order chi connectivity index (χ1) is 6.63. The van der Waals surface area contributed by atoms with E-state index in [2.05, 4.69) is 26.1 Å². The highest BCUT2D eigenvalue weighted by Gasteiger charge is 2.30. The Morgan fingerprint density at radius 3 is 1.36 bits per heavy atom. The van der Waals surface area contributed by atoms with Crippen LogP contribution < -0.4 is 5.32 Å². The van der Waals surface area contributed by atoms with Crippen molar-refractivity contribution in [1.82, 2.24) is 5.32 Å². The molecule has 0 aromatic rings. The van der Waals surface area contributed by atoms with Gasteiger partial charge >= 0.3 is 0 Å². The minimum atomic E-state index is 0.825. The molecule has 2 aliphatic rings. The maximum atomic E-state index is 3.85. The van der Waals surface area contributed by atoms with Gasteiger partial charge in [-0.3, -0.25) is 0 Å². The van der Waals surface area contributed by atoms with Gasteiger partial charge in [0.05, 0.1) is 0 Å². The average Bonchev–Trinajstić information content (AvgIpc) is 1.99. The van der Waals surface area contributed by atoms with Crippen LogP contribution in [0.5, 0.6) is 0 Å². The first-order valence-electron chi connectivity index (χ1n) is 6.39. The van der Waals surface area contributed by atoms with Gasteiger partial charge in [0.25, 0.3) is 0 Å². The molecule has 0 radical (unpaired) electrons. The zero-order valence-corrected chi connectivity index (χ0v) is 9.92. The zero-order valence-electron chi connectivity index (χ0n) is 9.92. The molecule has 82 valence electrons. The molecule has 0 heterocycles. The summed E-state index contributed by atoms with van der Waals surface area (Å²) in [5, 5.41) is 3.85. The van der Waals surface area contributed by atoms with Gasteiger partial charge < -0.3 is 5.32 Å². The van der Waals surface area contributed by atoms with E-state index in [9.17, 15) is 0 Å². The lowest BCUT2D eigenvalue weighted by Crippen LogP contribution is -2.47. The van der Waals surface area contributed by atoms with E-state index in [4.69, 9.17) is 0 Å². The topological polar surface area (TPSA) is 12.0 Å². The maximum Gasteiger partial charge on any atom is 0.00747 e. The molecule has 2 atom stereocenters. The van der Waals surface area contributed by atoms with Gasteiger partial charge in [-0.25, -0.2) is 0 Å². The van der Waals surface area contributed by atoms with Crippen molar-refractivity contribution in [2.75, 3.05) is 0 Å². The molecule has 2 unspecified atom stereocenters. The quantitative estimate of drug-likeness (QED) is 0.713. The molecule has 0 aromatic heterocycles. The molecule has 1 nitrogen and oxygen atoms in total. The number of hydrogen-bond donors (Lipinski definition) is 1. The molecule has 0 aliphatic heterocycles. The summed E-state index contributed by atoms with van der Waals surface area (Å²) in [6.07, 6.45) is 7.10. The van der Waals surface area contributed by atoms with Crippen LogP contribution in [0.4, 0.5) is 0 Å². The summed E-state index contributed by atoms with van der Waals surface area (Å²) < 4.78 is 0. The van der Waals surface area contributed by atoms with Crippen LogP contribution in [0.15, 0.2) is 0 Å². The van der Waals surface area contributed by atoms with Gasteiger partial charge in [0.2, 0.25) is 0 Å². The van der Waals surface area contributed by atoms with Gasteiger partial charge in [0.1, 0.15) is 0 Å². The lowest BCUT2D eigenvalue weighted by molar-refractivity contribution is 0.170. The summed E-state index contributed by atoms with van der Waals surface area (Å²) >= 11 is 0. The fraction of sp³-hybridized carbons (Fsp3) is 1.00. The van der Waals surface area contributed by atoms with Crippen molar-refractivity contribution in [2.45, 2.75) is 65.0 Å². The van der Waals surface area contributed by atoms with E-state index in [0.29, 0.717) is 0 Å². The first-order valence-corrected chi connectivity index (χ1v) is 6.39. The Morgan fingerprint density at radius 1 is 0.643 bits per heavy atom. The monoisotopic (exact) mass is 195 g/mol. The van der Waals surface area contributed by atoms with Crippen LogP contribution in [0.2, 0.25) is 0 Å². The second-order valence-corrected chi connectivity index (χ2v) is 6.05. The molecule has 1 N–H and O–H groups in total. The van der Waals surface area contributed by atoms with Gasteiger partial charge in [-0.05, 0) is 49.9 Å². The van der Waals surface area contributed by atoms with Crippen LogP contribution >= 0.6 is 0 Å². The van der Waals surface area contributed by atoms with Crippen molar-refractivity contribution in [1.29, 1.82) is 0 Å². The van der Waals surface area contributed by atoms with E-state index in [0.717, 1.165) is 29.8 Å². The molecule has 0 bridgehead atoms. The Kier molecular flexibility index (Phi) is 3.16. The third kappa shape index (κ3) is 2.50. The second kappa shape index (κ2) is 4.22. The SMILES string of the molecule is CC1CC(C)CC(NC2CC(C)C2)C1. The Balaban J connectivity index is 1.74. The predicted octanol–water partition coefficient (Wildman–Crippen LogP) is 3.20. The molecule has 0 aromatic carbocycles. The number of nitrogens with one attached hydrogen (secondary N) is 1. The standard InChI is InChI=1S/C13H25N/c1-9-4-10(2)6-12(5-9)14-13-7-11(3)8-13/h9-14H,4-8H2,1-3H3. The molecule has 0 spiro atoms. The van der Waals surface area contributed by atoms with Crippen molar-refractivity contribution >= 4 is 0 Å². The van der Waals surface area contributed by atoms with Crippen molar-refractivity contribution in [3.05, 3.63) is 0 Å². The first kappa shape index (κ1) is 10.5. The Bertz CT molecular complexity index is 174. The van der Waals surface area contributed by atoms with E-state index in [1.807, 2.05) is 0 Å². The Labute approximate surface area is 88.7 Å². The molecular weight excluding hydrogens is 170 g/mol. The molecule has 0 amide bonds. The van der Waals surface area contributed by atoms with Crippen LogP contribution in [-0.4, -0.2) is 12.1 Å². The van der Waals surface area contributed by atoms with Crippen LogP contribution in [0.3, 0.4) is 0 Å². The summed E-state index contributed by atoms with van der Waals surface area (Å²) in [7, 11) is 0. The molecule has 2 rings (SSSR count). The largest absolute Gasteiger partial charge is 0.311 e. The fourth-order valence-corrected chi connectivity index (χ4v) is 3.45. The van der Waals surface area contributed by atoms with Crippen molar-refractivity contribution < 1.29 is 0 Å². The van der Waals surface area contributed by atoms with E-state index in [1.165, 1.54) is 32.1 Å². The zero-order chi connectivity index (χ0) is 10.1. The highest BCUT2D eigenvalue weighted by atomic mass is 15.0. The Hall–Kier alpha value is -0.0400. The summed E-state index contributed by atoms with van der Waals surface area (Å²) in [5.41, 5.74) is 0. The highest BCUT2D eigenvalue weighted by molar-refractivity contribution is 4.88. The van der Waals surface area contributed by atoms with Gasteiger partial charge in [0.15, 0.2) is 0 Å². The van der Waals surface area contributed by atoms with E-state index in [-0.39, 0.29) is 0 Å². The predicted molar refractivity (Wildman–Crippen MR) is 61.3 cm³/mol. The lowest BCUT2D eigenvalue weighted by Gasteiger charge is -2.40. The van der Waals surface area contributed by atoms with Crippen LogP contribution in [0, 0.1) is 17.8 Å². The molecular formula is C13H25N. The smallest absolute Gasteiger partial charge is 0.00747 e. The average molecular weight is 195 g/mol. The number of hydrogen-bond acceptors (Lipinski definition) is 1. The summed E-state index contributed by atoms with van der Waals surface area (Å²) in [5.74, 6) is 2.86. The van der Waals surface area contributed by atoms with Crippen LogP contribution in [0.1, 0.15) is 52.9 Å². The van der Waals surface area contributed by atoms with E-state index < -0.39 is 0 Å². The van der Waals surface area contributed by atoms with Crippen molar-refractivity contribution in [2.24, 2.45) is 17.8 Å². The summed E-state index contributed by atoms with van der Waals surface area (Å²) in [6, 6.07) is 1.68. The summed E-state index contributed by atoms with van der Waals surface area (Å²) in [4.78, 5) is 0. The van der Waals surface area contributed by atoms with E-state index >= 15 is 0 Å². The lowest BCUT2D eigenvalue weighted by atomic mass is 9.77. The van der Waals surface area contributed by atoms with Gasteiger partial charge in [0, 0.05) is 12.1 Å². The molecule has 1 heteroatoms. The third-order valence-corrected chi connectivity index (χ3v) is 4.02. The third-order valence-electron chi connectivity index (χ3n) is 4.02. The number of rotatable bonds is 2. The maximum absolute atomic E-state index is 3.85. The van der Waals surface area contributed by atoms with Crippen molar-refractivity contribution in [3.63, 3.8) is 0 Å². The highest BCUT2D eigenvalue weighted by Crippen LogP contribution is 2.32. The molecule has 2 aliphatic carbocycles. The molecule has 14 heavy (non-hydrogen) atoms. The normalized spacial score (nSPS) is 48.6. The Morgan fingerprint density at radius 2 is 1.00 bits per heavy atom. The molecule has 2 saturated carbocycles. The van der Waals surface area contributed by atoms with Crippen LogP contribution in [-0.2, 0) is 0 Å². The molecule has 2 fully saturated rings. The molecule has 0 saturated heterocycles.